The van der Waals surface area contributed by atoms with E-state index in [-0.39, 0.29) is 23.7 Å². The summed E-state index contributed by atoms with van der Waals surface area (Å²) in [6.07, 6.45) is 20.4. The van der Waals surface area contributed by atoms with E-state index in [1.165, 1.54) is 48.2 Å². The molecule has 1 amide bonds. The van der Waals surface area contributed by atoms with Crippen LogP contribution in [0.2, 0.25) is 0 Å². The van der Waals surface area contributed by atoms with Gasteiger partial charge in [0.1, 0.15) is 10.8 Å². The van der Waals surface area contributed by atoms with E-state index in [1.54, 1.807) is 18.3 Å². The summed E-state index contributed by atoms with van der Waals surface area (Å²) < 4.78 is 2.42. The molecule has 0 radical (unpaired) electrons. The fraction of sp³-hybridized carbons (Fsp3) is 0.514. The van der Waals surface area contributed by atoms with E-state index in [1.807, 2.05) is 22.6 Å². The summed E-state index contributed by atoms with van der Waals surface area (Å²) in [6.45, 7) is 5.19. The van der Waals surface area contributed by atoms with Crippen LogP contribution in [0.5, 0.6) is 0 Å². The number of hydrogen-bond acceptors (Lipinski definition) is 5. The molecule has 6 nitrogen and oxygen atoms in total. The molecule has 2 aromatic heterocycles. The second-order valence-electron chi connectivity index (χ2n) is 13.0. The molecule has 42 heavy (non-hydrogen) atoms. The van der Waals surface area contributed by atoms with Crippen LogP contribution >= 0.6 is 11.3 Å². The standard InChI is InChI=1S/C35H41N3O3S/c1-21-7-3-4-8-27(21)32-29-12-10-23(22(2)39)19-31(29)38-20-25(17-24-18-26(40)11-13-28(24)33(32)38)35(41)37-15-6-5-9-30(37)34-36-14-16-42-34/h5-6,11,13-14,16-17,21,23,26-27,30,40H,3-4,7-10,12,15,18-20H2,1-2H3/t21-,23?,26?,27?,30?/m0/s1. The zero-order chi connectivity index (χ0) is 29.0. The van der Waals surface area contributed by atoms with Crippen molar-refractivity contribution >= 4 is 28.6 Å². The molecule has 220 valence electrons. The van der Waals surface area contributed by atoms with Crippen LogP contribution < -0.4 is 0 Å². The lowest BCUT2D eigenvalue weighted by Crippen LogP contribution is -2.38. The number of hydrogen-bond donors (Lipinski definition) is 1. The van der Waals surface area contributed by atoms with E-state index in [0.717, 1.165) is 47.4 Å². The van der Waals surface area contributed by atoms with Crippen molar-refractivity contribution in [3.8, 4) is 0 Å². The zero-order valence-corrected chi connectivity index (χ0v) is 25.5. The first-order valence-electron chi connectivity index (χ1n) is 15.8. The summed E-state index contributed by atoms with van der Waals surface area (Å²) in [4.78, 5) is 33.7. The van der Waals surface area contributed by atoms with Gasteiger partial charge in [-0.3, -0.25) is 9.59 Å². The summed E-state index contributed by atoms with van der Waals surface area (Å²) >= 11 is 1.60. The fourth-order valence-electron chi connectivity index (χ4n) is 8.22. The minimum Gasteiger partial charge on any atom is -0.389 e. The highest BCUT2D eigenvalue weighted by molar-refractivity contribution is 7.09. The van der Waals surface area contributed by atoms with Gasteiger partial charge in [-0.05, 0) is 73.6 Å². The van der Waals surface area contributed by atoms with Gasteiger partial charge in [0, 0.05) is 47.3 Å². The minimum atomic E-state index is -0.562. The molecule has 1 N–H and O–H groups in total. The molecule has 4 unspecified atom stereocenters. The maximum Gasteiger partial charge on any atom is 0.252 e. The third kappa shape index (κ3) is 4.79. The highest BCUT2D eigenvalue weighted by Crippen LogP contribution is 2.49. The summed E-state index contributed by atoms with van der Waals surface area (Å²) in [5.74, 6) is 1.40. The van der Waals surface area contributed by atoms with Crippen LogP contribution in [0.3, 0.4) is 0 Å². The van der Waals surface area contributed by atoms with Crippen molar-refractivity contribution in [2.45, 2.75) is 96.2 Å². The number of nitrogens with zero attached hydrogens (tertiary/aromatic N) is 3. The van der Waals surface area contributed by atoms with Gasteiger partial charge in [-0.25, -0.2) is 4.98 Å². The van der Waals surface area contributed by atoms with Gasteiger partial charge < -0.3 is 14.6 Å². The van der Waals surface area contributed by atoms with Gasteiger partial charge in [-0.2, -0.15) is 0 Å². The topological polar surface area (TPSA) is 75.4 Å². The number of thiazole rings is 1. The lowest BCUT2D eigenvalue weighted by Gasteiger charge is -2.33. The quantitative estimate of drug-likeness (QED) is 0.419. The predicted molar refractivity (Wildman–Crippen MR) is 166 cm³/mol. The van der Waals surface area contributed by atoms with Crippen molar-refractivity contribution in [2.75, 3.05) is 6.54 Å². The van der Waals surface area contributed by atoms with E-state index < -0.39 is 6.10 Å². The minimum absolute atomic E-state index is 0.0261. The molecule has 7 rings (SSSR count). The van der Waals surface area contributed by atoms with E-state index in [4.69, 9.17) is 0 Å². The fourth-order valence-corrected chi connectivity index (χ4v) is 8.98. The number of carbonyl (C=O) groups excluding carboxylic acids is 2. The van der Waals surface area contributed by atoms with Gasteiger partial charge in [0.25, 0.3) is 5.91 Å². The number of aliphatic hydroxyl groups excluding tert-OH is 1. The maximum absolute atomic E-state index is 14.5. The first-order chi connectivity index (χ1) is 20.4. The van der Waals surface area contributed by atoms with Crippen LogP contribution in [0, 0.1) is 11.8 Å². The Hall–Kier alpha value is -3.03. The molecule has 1 saturated carbocycles. The van der Waals surface area contributed by atoms with Crippen LogP contribution in [0.4, 0.5) is 0 Å². The van der Waals surface area contributed by atoms with Crippen LogP contribution in [-0.4, -0.2) is 43.9 Å². The molecule has 3 aliphatic carbocycles. The van der Waals surface area contributed by atoms with Crippen molar-refractivity contribution in [1.29, 1.82) is 0 Å². The number of aliphatic hydroxyl groups is 1. The number of rotatable bonds is 4. The second kappa shape index (κ2) is 11.2. The monoisotopic (exact) mass is 583 g/mol. The third-order valence-corrected chi connectivity index (χ3v) is 11.3. The molecule has 2 aromatic rings. The first kappa shape index (κ1) is 27.8. The Morgan fingerprint density at radius 3 is 2.76 bits per heavy atom. The third-order valence-electron chi connectivity index (χ3n) is 10.4. The molecular formula is C35H41N3O3S. The van der Waals surface area contributed by atoms with E-state index in [0.29, 0.717) is 31.3 Å². The number of Topliss-reactive ketones (excluding diaryl/α,β-unsaturated/α-hetero) is 1. The summed E-state index contributed by atoms with van der Waals surface area (Å²) in [5, 5.41) is 13.7. The van der Waals surface area contributed by atoms with Gasteiger partial charge in [0.05, 0.1) is 24.4 Å². The highest BCUT2D eigenvalue weighted by Gasteiger charge is 2.39. The van der Waals surface area contributed by atoms with Crippen LogP contribution in [0.15, 0.2) is 53.1 Å². The smallest absolute Gasteiger partial charge is 0.252 e. The normalized spacial score (nSPS) is 29.0. The maximum atomic E-state index is 14.5. The van der Waals surface area contributed by atoms with Crippen molar-refractivity contribution in [2.24, 2.45) is 11.8 Å². The van der Waals surface area contributed by atoms with Crippen molar-refractivity contribution in [1.82, 2.24) is 14.5 Å². The molecule has 7 heteroatoms. The lowest BCUT2D eigenvalue weighted by molar-refractivity contribution is -0.129. The average Bonchev–Trinajstić information content (AvgIpc) is 3.60. The molecule has 5 aliphatic rings. The molecule has 2 aliphatic heterocycles. The van der Waals surface area contributed by atoms with Gasteiger partial charge in [-0.15, -0.1) is 11.3 Å². The SMILES string of the molecule is CC(=O)C1CCc2c(C3CCCC[C@@H]3C)c3n(c2C1)CC(C(=O)N1CC=CCC1c1nccs1)=CC1=C3C=CC(O)C1. The van der Waals surface area contributed by atoms with Crippen molar-refractivity contribution in [3.05, 3.63) is 80.6 Å². The molecule has 0 spiro atoms. The Morgan fingerprint density at radius 2 is 1.98 bits per heavy atom. The number of fused-ring (bicyclic) bond motifs is 4. The first-order valence-corrected chi connectivity index (χ1v) is 16.7. The van der Waals surface area contributed by atoms with Crippen molar-refractivity contribution < 1.29 is 14.7 Å². The van der Waals surface area contributed by atoms with Gasteiger partial charge >= 0.3 is 0 Å². The lowest BCUT2D eigenvalue weighted by atomic mass is 9.72. The number of ketones is 1. The Balaban J connectivity index is 1.38. The molecule has 0 aromatic carbocycles. The Kier molecular flexibility index (Phi) is 7.43. The zero-order valence-electron chi connectivity index (χ0n) is 24.7. The van der Waals surface area contributed by atoms with Crippen LogP contribution in [0.1, 0.15) is 98.3 Å². The van der Waals surface area contributed by atoms with Crippen LogP contribution in [0.25, 0.3) is 5.57 Å². The number of aromatic nitrogens is 2. The van der Waals surface area contributed by atoms with Gasteiger partial charge in [-0.1, -0.05) is 50.5 Å². The Bertz CT molecular complexity index is 1520. The second-order valence-corrected chi connectivity index (χ2v) is 13.9. The largest absolute Gasteiger partial charge is 0.389 e. The average molecular weight is 584 g/mol. The Labute approximate surface area is 252 Å². The van der Waals surface area contributed by atoms with E-state index in [9.17, 15) is 14.7 Å². The molecule has 1 fully saturated rings. The summed E-state index contributed by atoms with van der Waals surface area (Å²) in [7, 11) is 0. The number of allylic oxidation sites excluding steroid dienone is 3. The summed E-state index contributed by atoms with van der Waals surface area (Å²) in [5.41, 5.74) is 8.36. The molecule has 5 atom stereocenters. The van der Waals surface area contributed by atoms with E-state index >= 15 is 0 Å². The van der Waals surface area contributed by atoms with Crippen LogP contribution in [-0.2, 0) is 29.0 Å². The molecular weight excluding hydrogens is 542 g/mol. The summed E-state index contributed by atoms with van der Waals surface area (Å²) in [6, 6.07) is -0.0734. The number of carbonyl (C=O) groups is 2. The molecule has 0 saturated heterocycles. The molecule has 4 heterocycles. The highest BCUT2D eigenvalue weighted by atomic mass is 32.1. The van der Waals surface area contributed by atoms with E-state index in [2.05, 4.69) is 40.8 Å². The number of amides is 1. The molecule has 0 bridgehead atoms. The van der Waals surface area contributed by atoms with Crippen molar-refractivity contribution in [3.63, 3.8) is 0 Å². The Morgan fingerprint density at radius 1 is 1.12 bits per heavy atom. The van der Waals surface area contributed by atoms with Gasteiger partial charge in [0.15, 0.2) is 0 Å². The predicted octanol–water partition coefficient (Wildman–Crippen LogP) is 6.48. The van der Waals surface area contributed by atoms with Gasteiger partial charge in [0.2, 0.25) is 0 Å².